The van der Waals surface area contributed by atoms with Crippen LogP contribution in [-0.4, -0.2) is 34.7 Å². The van der Waals surface area contributed by atoms with Crippen LogP contribution in [0.3, 0.4) is 0 Å². The van der Waals surface area contributed by atoms with Crippen LogP contribution in [-0.2, 0) is 9.59 Å². The molecule has 0 aliphatic heterocycles. The van der Waals surface area contributed by atoms with Gasteiger partial charge in [-0.1, -0.05) is 45.7 Å². The molecule has 2 amide bonds. The van der Waals surface area contributed by atoms with Crippen LogP contribution in [0.2, 0.25) is 0 Å². The minimum absolute atomic E-state index is 0.0155. The van der Waals surface area contributed by atoms with E-state index in [9.17, 15) is 14.4 Å². The lowest BCUT2D eigenvalue weighted by Crippen LogP contribution is -2.53. The largest absolute Gasteiger partial charge is 0.434 e. The lowest BCUT2D eigenvalue weighted by Gasteiger charge is -2.24. The van der Waals surface area contributed by atoms with Crippen molar-refractivity contribution < 1.29 is 18.8 Å². The fraction of sp³-hybridized carbons (Fsp3) is 0.500. The van der Waals surface area contributed by atoms with Crippen LogP contribution in [0.5, 0.6) is 0 Å². The first-order valence-corrected chi connectivity index (χ1v) is 9.30. The molecule has 0 fully saturated rings. The molecule has 2 aromatic rings. The van der Waals surface area contributed by atoms with Gasteiger partial charge in [0.05, 0.1) is 6.04 Å². The number of carbonyl (C=O) groups excluding carboxylic acids is 3. The van der Waals surface area contributed by atoms with Gasteiger partial charge < -0.3 is 15.1 Å². The van der Waals surface area contributed by atoms with Crippen molar-refractivity contribution >= 4 is 28.7 Å². The van der Waals surface area contributed by atoms with Crippen LogP contribution >= 0.6 is 0 Å². The van der Waals surface area contributed by atoms with Gasteiger partial charge in [-0.05, 0) is 24.5 Å². The fourth-order valence-electron chi connectivity index (χ4n) is 2.82. The molecule has 146 valence electrons. The Balaban J connectivity index is 2.21. The Morgan fingerprint density at radius 3 is 2.44 bits per heavy atom. The summed E-state index contributed by atoms with van der Waals surface area (Å²) in [5.74, 6) is -1.17. The molecule has 27 heavy (non-hydrogen) atoms. The smallest absolute Gasteiger partial charge is 0.266 e. The molecule has 0 bridgehead atoms. The minimum Gasteiger partial charge on any atom is -0.434 e. The number of Topliss-reactive ketones (excluding diaryl/α,β-unsaturated/α-hetero) is 1. The molecule has 7 heteroatoms. The number of carbonyl (C=O) groups is 3. The highest BCUT2D eigenvalue weighted by Gasteiger charge is 2.30. The van der Waals surface area contributed by atoms with Gasteiger partial charge in [0.2, 0.25) is 17.6 Å². The molecule has 1 aromatic carbocycles. The van der Waals surface area contributed by atoms with E-state index >= 15 is 0 Å². The van der Waals surface area contributed by atoms with E-state index in [0.717, 1.165) is 12.8 Å². The number of oxazole rings is 1. The van der Waals surface area contributed by atoms with Crippen LogP contribution in [0.15, 0.2) is 28.7 Å². The van der Waals surface area contributed by atoms with Crippen LogP contribution < -0.4 is 10.6 Å². The van der Waals surface area contributed by atoms with Crippen molar-refractivity contribution in [3.63, 3.8) is 0 Å². The molecule has 1 heterocycles. The number of benzene rings is 1. The maximum Gasteiger partial charge on any atom is 0.266 e. The number of para-hydroxylation sites is 2. The SMILES string of the molecule is CCCC[C@H](NC(=O)[C@@H](NC(C)=O)C(C)C)C(=O)c1nc2ccccc2o1. The predicted molar refractivity (Wildman–Crippen MR) is 102 cm³/mol. The molecule has 0 saturated heterocycles. The Morgan fingerprint density at radius 2 is 1.85 bits per heavy atom. The zero-order valence-corrected chi connectivity index (χ0v) is 16.2. The molecule has 2 atom stereocenters. The van der Waals surface area contributed by atoms with Crippen molar-refractivity contribution in [1.29, 1.82) is 0 Å². The highest BCUT2D eigenvalue weighted by atomic mass is 16.4. The van der Waals surface area contributed by atoms with Crippen LogP contribution in [0.1, 0.15) is 57.6 Å². The Bertz CT molecular complexity index is 779. The van der Waals surface area contributed by atoms with Crippen molar-refractivity contribution in [3.05, 3.63) is 30.2 Å². The predicted octanol–water partition coefficient (Wildman–Crippen LogP) is 2.85. The van der Waals surface area contributed by atoms with E-state index in [1.54, 1.807) is 18.2 Å². The maximum atomic E-state index is 12.9. The summed E-state index contributed by atoms with van der Waals surface area (Å²) in [6.07, 6.45) is 2.13. The first kappa shape index (κ1) is 20.6. The van der Waals surface area contributed by atoms with E-state index in [-0.39, 0.29) is 29.4 Å². The summed E-state index contributed by atoms with van der Waals surface area (Å²) in [5, 5.41) is 5.42. The molecular weight excluding hydrogens is 346 g/mol. The topological polar surface area (TPSA) is 101 Å². The van der Waals surface area contributed by atoms with Gasteiger partial charge in [-0.25, -0.2) is 4.98 Å². The van der Waals surface area contributed by atoms with Crippen molar-refractivity contribution in [2.75, 3.05) is 0 Å². The zero-order chi connectivity index (χ0) is 20.0. The standard InChI is InChI=1S/C20H27N3O4/c1-5-6-9-15(22-19(26)17(12(2)3)21-13(4)24)18(25)20-23-14-10-7-8-11-16(14)27-20/h7-8,10-12,15,17H,5-6,9H2,1-4H3,(H,21,24)(H,22,26)/t15-,17-/m0/s1. The number of nitrogens with zero attached hydrogens (tertiary/aromatic N) is 1. The summed E-state index contributed by atoms with van der Waals surface area (Å²) in [4.78, 5) is 41.2. The highest BCUT2D eigenvalue weighted by Crippen LogP contribution is 2.17. The van der Waals surface area contributed by atoms with E-state index in [1.807, 2.05) is 26.8 Å². The number of amides is 2. The first-order valence-electron chi connectivity index (χ1n) is 9.30. The molecule has 2 N–H and O–H groups in total. The minimum atomic E-state index is -0.750. The second-order valence-corrected chi connectivity index (χ2v) is 6.98. The monoisotopic (exact) mass is 373 g/mol. The number of rotatable bonds is 9. The van der Waals surface area contributed by atoms with E-state index in [2.05, 4.69) is 15.6 Å². The third-order valence-corrected chi connectivity index (χ3v) is 4.29. The summed E-state index contributed by atoms with van der Waals surface area (Å²) >= 11 is 0. The highest BCUT2D eigenvalue weighted by molar-refractivity contribution is 6.00. The third kappa shape index (κ3) is 5.39. The van der Waals surface area contributed by atoms with Gasteiger partial charge in [0, 0.05) is 6.92 Å². The van der Waals surface area contributed by atoms with Crippen LogP contribution in [0.25, 0.3) is 11.1 Å². The van der Waals surface area contributed by atoms with Crippen LogP contribution in [0, 0.1) is 5.92 Å². The number of fused-ring (bicyclic) bond motifs is 1. The van der Waals surface area contributed by atoms with E-state index < -0.39 is 12.1 Å². The van der Waals surface area contributed by atoms with Crippen molar-refractivity contribution in [2.45, 2.75) is 59.0 Å². The number of hydrogen-bond donors (Lipinski definition) is 2. The summed E-state index contributed by atoms with van der Waals surface area (Å²) in [5.41, 5.74) is 1.12. The van der Waals surface area contributed by atoms with Crippen molar-refractivity contribution in [1.82, 2.24) is 15.6 Å². The van der Waals surface area contributed by atoms with Gasteiger partial charge in [-0.3, -0.25) is 14.4 Å². The normalized spacial score (nSPS) is 13.4. The number of ketones is 1. The summed E-state index contributed by atoms with van der Waals surface area (Å²) in [6, 6.07) is 5.67. The van der Waals surface area contributed by atoms with Gasteiger partial charge in [-0.15, -0.1) is 0 Å². The Labute approximate surface area is 158 Å². The second-order valence-electron chi connectivity index (χ2n) is 6.98. The Hall–Kier alpha value is -2.70. The third-order valence-electron chi connectivity index (χ3n) is 4.29. The summed E-state index contributed by atoms with van der Waals surface area (Å²) in [6.45, 7) is 7.05. The van der Waals surface area contributed by atoms with Gasteiger partial charge in [-0.2, -0.15) is 0 Å². The Morgan fingerprint density at radius 1 is 1.15 bits per heavy atom. The van der Waals surface area contributed by atoms with Crippen molar-refractivity contribution in [3.8, 4) is 0 Å². The van der Waals surface area contributed by atoms with Gasteiger partial charge in [0.15, 0.2) is 5.58 Å². The molecule has 0 spiro atoms. The number of nitrogens with one attached hydrogen (secondary N) is 2. The molecule has 2 rings (SSSR count). The molecule has 0 radical (unpaired) electrons. The van der Waals surface area contributed by atoms with Gasteiger partial charge in [0.25, 0.3) is 5.89 Å². The molecule has 0 saturated carbocycles. The molecular formula is C20H27N3O4. The average Bonchev–Trinajstić information content (AvgIpc) is 3.06. The number of aromatic nitrogens is 1. The van der Waals surface area contributed by atoms with E-state index in [1.165, 1.54) is 6.92 Å². The summed E-state index contributed by atoms with van der Waals surface area (Å²) in [7, 11) is 0. The van der Waals surface area contributed by atoms with Crippen LogP contribution in [0.4, 0.5) is 0 Å². The van der Waals surface area contributed by atoms with Gasteiger partial charge >= 0.3 is 0 Å². The number of hydrogen-bond acceptors (Lipinski definition) is 5. The van der Waals surface area contributed by atoms with Crippen molar-refractivity contribution in [2.24, 2.45) is 5.92 Å². The average molecular weight is 373 g/mol. The van der Waals surface area contributed by atoms with E-state index in [4.69, 9.17) is 4.42 Å². The van der Waals surface area contributed by atoms with Gasteiger partial charge in [0.1, 0.15) is 11.6 Å². The zero-order valence-electron chi connectivity index (χ0n) is 16.2. The molecule has 0 aliphatic carbocycles. The molecule has 0 aliphatic rings. The quantitative estimate of drug-likeness (QED) is 0.658. The maximum absolute atomic E-state index is 12.9. The molecule has 1 aromatic heterocycles. The molecule has 0 unspecified atom stereocenters. The molecule has 7 nitrogen and oxygen atoms in total. The lowest BCUT2D eigenvalue weighted by molar-refractivity contribution is -0.129. The van der Waals surface area contributed by atoms with E-state index in [0.29, 0.717) is 17.5 Å². The second kappa shape index (κ2) is 9.30. The lowest BCUT2D eigenvalue weighted by atomic mass is 10.0. The first-order chi connectivity index (χ1) is 12.8. The Kier molecular flexibility index (Phi) is 7.10. The number of unbranched alkanes of at least 4 members (excludes halogenated alkanes) is 1. The fourth-order valence-corrected chi connectivity index (χ4v) is 2.82. The summed E-state index contributed by atoms with van der Waals surface area (Å²) < 4.78 is 5.56.